The molecule has 0 saturated carbocycles. The zero-order chi connectivity index (χ0) is 11.8. The van der Waals surface area contributed by atoms with Crippen LogP contribution in [-0.4, -0.2) is 5.88 Å². The maximum absolute atomic E-state index is 6.10. The Morgan fingerprint density at radius 2 is 2.06 bits per heavy atom. The molecule has 1 heterocycles. The molecule has 2 nitrogen and oxygen atoms in total. The first kappa shape index (κ1) is 11.9. The van der Waals surface area contributed by atoms with E-state index in [2.05, 4.69) is 0 Å². The van der Waals surface area contributed by atoms with Crippen LogP contribution in [0.1, 0.15) is 12.5 Å². The Kier molecular flexibility index (Phi) is 3.24. The minimum absolute atomic E-state index is 0.141. The van der Waals surface area contributed by atoms with E-state index in [1.165, 1.54) is 6.26 Å². The first-order chi connectivity index (χ1) is 7.57. The zero-order valence-corrected chi connectivity index (χ0v) is 10.7. The molecular formula is C11H9Cl3O2. The summed E-state index contributed by atoms with van der Waals surface area (Å²) in [5.41, 5.74) is 0.668. The Morgan fingerprint density at radius 3 is 2.56 bits per heavy atom. The lowest BCUT2D eigenvalue weighted by molar-refractivity contribution is -0.136. The average Bonchev–Trinajstić information content (AvgIpc) is 2.61. The van der Waals surface area contributed by atoms with Crippen molar-refractivity contribution in [2.45, 2.75) is 12.7 Å². The first-order valence-corrected chi connectivity index (χ1v) is 5.91. The van der Waals surface area contributed by atoms with Gasteiger partial charge in [0.2, 0.25) is 0 Å². The van der Waals surface area contributed by atoms with Crippen molar-refractivity contribution in [2.75, 3.05) is 5.88 Å². The van der Waals surface area contributed by atoms with Gasteiger partial charge in [-0.15, -0.1) is 11.6 Å². The van der Waals surface area contributed by atoms with Crippen molar-refractivity contribution in [1.82, 2.24) is 0 Å². The Morgan fingerprint density at radius 1 is 1.31 bits per heavy atom. The summed E-state index contributed by atoms with van der Waals surface area (Å²) in [7, 11) is 0. The molecule has 5 heteroatoms. The van der Waals surface area contributed by atoms with E-state index >= 15 is 0 Å². The normalized spacial score (nSPS) is 23.6. The Balaban J connectivity index is 2.42. The van der Waals surface area contributed by atoms with Gasteiger partial charge in [-0.2, -0.15) is 0 Å². The van der Waals surface area contributed by atoms with Gasteiger partial charge < -0.3 is 9.47 Å². The predicted octanol–water partition coefficient (Wildman–Crippen LogP) is 4.29. The summed E-state index contributed by atoms with van der Waals surface area (Å²) in [6, 6.07) is 5.10. The lowest BCUT2D eigenvalue weighted by Crippen LogP contribution is -2.30. The summed E-state index contributed by atoms with van der Waals surface area (Å²) in [6.07, 6.45) is 1.52. The van der Waals surface area contributed by atoms with Crippen molar-refractivity contribution < 1.29 is 9.47 Å². The van der Waals surface area contributed by atoms with E-state index in [0.29, 0.717) is 21.4 Å². The number of rotatable bonds is 2. The standard InChI is InChI=1S/C11H9Cl3O2/c1-7-5-15-11(6-12,16-7)9-3-2-8(13)4-10(9)14/h2-5H,6H2,1H3. The molecule has 0 fully saturated rings. The van der Waals surface area contributed by atoms with Crippen LogP contribution in [0.2, 0.25) is 10.0 Å². The fourth-order valence-electron chi connectivity index (χ4n) is 1.53. The van der Waals surface area contributed by atoms with E-state index in [1.807, 2.05) is 0 Å². The second kappa shape index (κ2) is 4.36. The van der Waals surface area contributed by atoms with E-state index in [4.69, 9.17) is 44.3 Å². The molecule has 0 amide bonds. The molecule has 0 N–H and O–H groups in total. The lowest BCUT2D eigenvalue weighted by atomic mass is 10.1. The van der Waals surface area contributed by atoms with Gasteiger partial charge in [-0.25, -0.2) is 0 Å². The maximum atomic E-state index is 6.10. The van der Waals surface area contributed by atoms with Gasteiger partial charge in [-0.3, -0.25) is 0 Å². The number of halogens is 3. The van der Waals surface area contributed by atoms with E-state index in [9.17, 15) is 0 Å². The minimum Gasteiger partial charge on any atom is -0.451 e. The van der Waals surface area contributed by atoms with E-state index in [-0.39, 0.29) is 5.88 Å². The molecule has 1 atom stereocenters. The maximum Gasteiger partial charge on any atom is 0.292 e. The van der Waals surface area contributed by atoms with Gasteiger partial charge >= 0.3 is 0 Å². The van der Waals surface area contributed by atoms with Crippen molar-refractivity contribution in [3.63, 3.8) is 0 Å². The number of ether oxygens (including phenoxy) is 2. The Hall–Kier alpha value is -0.570. The Bertz CT molecular complexity index is 445. The van der Waals surface area contributed by atoms with Crippen molar-refractivity contribution in [3.8, 4) is 0 Å². The zero-order valence-electron chi connectivity index (χ0n) is 8.47. The molecule has 0 saturated heterocycles. The van der Waals surface area contributed by atoms with Crippen LogP contribution in [-0.2, 0) is 15.3 Å². The molecule has 1 aromatic rings. The van der Waals surface area contributed by atoms with Gasteiger partial charge in [0.15, 0.2) is 0 Å². The molecular weight excluding hydrogens is 270 g/mol. The van der Waals surface area contributed by atoms with Gasteiger partial charge in [0.25, 0.3) is 5.79 Å². The second-order valence-electron chi connectivity index (χ2n) is 3.46. The quantitative estimate of drug-likeness (QED) is 0.752. The number of benzene rings is 1. The summed E-state index contributed by atoms with van der Waals surface area (Å²) >= 11 is 17.8. The molecule has 0 radical (unpaired) electrons. The number of hydrogen-bond donors (Lipinski definition) is 0. The van der Waals surface area contributed by atoms with E-state index in [0.717, 1.165) is 0 Å². The molecule has 1 unspecified atom stereocenters. The Labute approximate surface area is 109 Å². The van der Waals surface area contributed by atoms with E-state index in [1.54, 1.807) is 25.1 Å². The lowest BCUT2D eigenvalue weighted by Gasteiger charge is -2.27. The summed E-state index contributed by atoms with van der Waals surface area (Å²) in [5.74, 6) is -0.234. The highest BCUT2D eigenvalue weighted by Gasteiger charge is 2.41. The molecule has 2 rings (SSSR count). The van der Waals surface area contributed by atoms with Crippen LogP contribution < -0.4 is 0 Å². The smallest absolute Gasteiger partial charge is 0.292 e. The fourth-order valence-corrected chi connectivity index (χ4v) is 2.35. The average molecular weight is 280 g/mol. The molecule has 0 bridgehead atoms. The molecule has 0 aromatic heterocycles. The third kappa shape index (κ3) is 1.97. The highest BCUT2D eigenvalue weighted by molar-refractivity contribution is 6.35. The van der Waals surface area contributed by atoms with Crippen LogP contribution in [0.3, 0.4) is 0 Å². The van der Waals surface area contributed by atoms with Crippen molar-refractivity contribution >= 4 is 34.8 Å². The van der Waals surface area contributed by atoms with Crippen LogP contribution in [0.15, 0.2) is 30.2 Å². The van der Waals surface area contributed by atoms with Crippen LogP contribution >= 0.6 is 34.8 Å². The molecule has 1 aromatic carbocycles. The fraction of sp³-hybridized carbons (Fsp3) is 0.273. The number of alkyl halides is 1. The van der Waals surface area contributed by atoms with Crippen LogP contribution in [0, 0.1) is 0 Å². The van der Waals surface area contributed by atoms with Gasteiger partial charge in [-0.1, -0.05) is 23.2 Å². The van der Waals surface area contributed by atoms with Crippen LogP contribution in [0.25, 0.3) is 0 Å². The molecule has 86 valence electrons. The molecule has 16 heavy (non-hydrogen) atoms. The third-order valence-electron chi connectivity index (χ3n) is 2.26. The number of hydrogen-bond acceptors (Lipinski definition) is 2. The number of allylic oxidation sites excluding steroid dienone is 1. The van der Waals surface area contributed by atoms with Crippen molar-refractivity contribution in [1.29, 1.82) is 0 Å². The predicted molar refractivity (Wildman–Crippen MR) is 64.8 cm³/mol. The van der Waals surface area contributed by atoms with Crippen LogP contribution in [0.4, 0.5) is 0 Å². The highest BCUT2D eigenvalue weighted by Crippen LogP contribution is 2.40. The topological polar surface area (TPSA) is 18.5 Å². The van der Waals surface area contributed by atoms with Gasteiger partial charge in [0.1, 0.15) is 17.9 Å². The van der Waals surface area contributed by atoms with Gasteiger partial charge in [0.05, 0.1) is 10.6 Å². The molecule has 1 aliphatic rings. The van der Waals surface area contributed by atoms with Gasteiger partial charge in [-0.05, 0) is 25.1 Å². The van der Waals surface area contributed by atoms with Crippen LogP contribution in [0.5, 0.6) is 0 Å². The molecule has 1 aliphatic heterocycles. The SMILES string of the molecule is CC1=COC(CCl)(c2ccc(Cl)cc2Cl)O1. The minimum atomic E-state index is -1.03. The van der Waals surface area contributed by atoms with E-state index < -0.39 is 5.79 Å². The van der Waals surface area contributed by atoms with Crippen molar-refractivity contribution in [3.05, 3.63) is 45.8 Å². The monoisotopic (exact) mass is 278 g/mol. The first-order valence-electron chi connectivity index (χ1n) is 4.62. The molecule has 0 aliphatic carbocycles. The summed E-state index contributed by atoms with van der Waals surface area (Å²) in [6.45, 7) is 1.79. The van der Waals surface area contributed by atoms with Crippen molar-refractivity contribution in [2.24, 2.45) is 0 Å². The summed E-state index contributed by atoms with van der Waals surface area (Å²) < 4.78 is 11.0. The summed E-state index contributed by atoms with van der Waals surface area (Å²) in [4.78, 5) is 0. The highest BCUT2D eigenvalue weighted by atomic mass is 35.5. The second-order valence-corrected chi connectivity index (χ2v) is 4.57. The third-order valence-corrected chi connectivity index (χ3v) is 3.16. The largest absolute Gasteiger partial charge is 0.451 e. The van der Waals surface area contributed by atoms with Gasteiger partial charge in [0, 0.05) is 5.02 Å². The molecule has 0 spiro atoms. The summed E-state index contributed by atoms with van der Waals surface area (Å²) in [5, 5.41) is 1.03.